The number of hydrogen-bond acceptors (Lipinski definition) is 5. The van der Waals surface area contributed by atoms with Crippen LogP contribution >= 0.6 is 0 Å². The van der Waals surface area contributed by atoms with Crippen molar-refractivity contribution in [2.75, 3.05) is 0 Å². The van der Waals surface area contributed by atoms with Crippen LogP contribution in [0.15, 0.2) is 35.5 Å². The van der Waals surface area contributed by atoms with Crippen LogP contribution in [0.25, 0.3) is 0 Å². The maximum atomic E-state index is 8.58. The average Bonchev–Trinajstić information content (AvgIpc) is 2.65. The fraction of sp³-hybridized carbons (Fsp3) is 0.556. The molecule has 0 spiro atoms. The number of nitrogens with two attached hydrogens (primary N) is 1. The summed E-state index contributed by atoms with van der Waals surface area (Å²) in [4.78, 5) is 8.58. The third kappa shape index (κ3) is 5.31. The van der Waals surface area contributed by atoms with Crippen molar-refractivity contribution in [2.24, 2.45) is 5.73 Å². The Balaban J connectivity index is 0.000000970. The minimum atomic E-state index is -0.495. The van der Waals surface area contributed by atoms with Gasteiger partial charge in [0.1, 0.15) is 0 Å². The van der Waals surface area contributed by atoms with Crippen molar-refractivity contribution < 1.29 is 18.8 Å². The number of hydrogen-bond donors (Lipinski definition) is 2. The second-order valence-electron chi connectivity index (χ2n) is 7.88. The van der Waals surface area contributed by atoms with Gasteiger partial charge in [-0.15, -0.1) is 0 Å². The van der Waals surface area contributed by atoms with Crippen molar-refractivity contribution in [3.05, 3.63) is 35.5 Å². The molecular weight excluding hydrogens is 319 g/mol. The Hall–Kier alpha value is -1.86. The molecule has 0 aromatic carbocycles. The normalized spacial score (nSPS) is 23.0. The molecule has 7 heteroatoms. The quantitative estimate of drug-likeness (QED) is 0.456. The lowest BCUT2D eigenvalue weighted by Crippen LogP contribution is -2.41. The number of ether oxygens (including phenoxy) is 1. The highest BCUT2D eigenvalue weighted by molar-refractivity contribution is 6.58. The van der Waals surface area contributed by atoms with Crippen LogP contribution in [0.5, 0.6) is 0 Å². The Bertz CT molecular complexity index is 597. The number of carbonyl (C=O) groups excluding carboxylic acids is 1. The fourth-order valence-corrected chi connectivity index (χ4v) is 2.13. The van der Waals surface area contributed by atoms with Gasteiger partial charge in [0, 0.05) is 5.57 Å². The summed E-state index contributed by atoms with van der Waals surface area (Å²) in [6.07, 6.45) is 7.41. The molecule has 0 atom stereocenters. The molecule has 1 aliphatic heterocycles. The number of carbonyl (C=O) groups is 1. The number of primary amides is 1. The first-order chi connectivity index (χ1) is 11.3. The highest BCUT2D eigenvalue weighted by Crippen LogP contribution is 2.40. The zero-order chi connectivity index (χ0) is 19.5. The summed E-state index contributed by atoms with van der Waals surface area (Å²) < 4.78 is 17.9. The molecular formula is C18H29BN2O4. The van der Waals surface area contributed by atoms with Crippen LogP contribution in [0.2, 0.25) is 0 Å². The molecule has 1 saturated heterocycles. The third-order valence-corrected chi connectivity index (χ3v) is 4.18. The van der Waals surface area contributed by atoms with E-state index in [4.69, 9.17) is 24.2 Å². The number of rotatable bonds is 2. The van der Waals surface area contributed by atoms with Crippen molar-refractivity contribution in [2.45, 2.75) is 65.3 Å². The molecule has 0 saturated carbocycles. The Morgan fingerprint density at radius 1 is 1.20 bits per heavy atom. The number of nitrogens with one attached hydrogen (secondary N) is 1. The second-order valence-corrected chi connectivity index (χ2v) is 7.88. The van der Waals surface area contributed by atoms with Crippen LogP contribution in [0.4, 0.5) is 0 Å². The van der Waals surface area contributed by atoms with Crippen molar-refractivity contribution >= 4 is 19.2 Å². The first-order valence-electron chi connectivity index (χ1n) is 8.21. The maximum absolute atomic E-state index is 8.58. The first-order valence-corrected chi connectivity index (χ1v) is 8.21. The molecule has 0 aromatic heterocycles. The zero-order valence-corrected chi connectivity index (χ0v) is 16.2. The molecule has 1 amide bonds. The molecule has 2 aliphatic rings. The Morgan fingerprint density at radius 2 is 1.68 bits per heavy atom. The molecule has 1 fully saturated rings. The molecule has 3 N–H and O–H groups in total. The highest BCUT2D eigenvalue weighted by Gasteiger charge is 2.53. The summed E-state index contributed by atoms with van der Waals surface area (Å²) in [5.41, 5.74) is 4.98. The Morgan fingerprint density at radius 3 is 2.12 bits per heavy atom. The van der Waals surface area contributed by atoms with Crippen LogP contribution in [0.1, 0.15) is 48.5 Å². The molecule has 1 heterocycles. The molecule has 2 rings (SSSR count). The Kier molecular flexibility index (Phi) is 6.42. The predicted octanol–water partition coefficient (Wildman–Crippen LogP) is 2.93. The van der Waals surface area contributed by atoms with Crippen molar-refractivity contribution in [1.29, 1.82) is 5.41 Å². The standard InChI is InChI=1S/C17H26BNO3.CH3NO/c1-15(2,3)20-11-12-13(9-8-10-14(12)19)18-21-16(4,5)17(6,7)22-18;2-1-3/h8-11,19H,1-7H3;1H,(H2,2,3)/b12-11-,19-14?;. The van der Waals surface area contributed by atoms with E-state index in [0.29, 0.717) is 11.3 Å². The fourth-order valence-electron chi connectivity index (χ4n) is 2.13. The molecule has 0 aromatic rings. The molecule has 0 radical (unpaired) electrons. The molecule has 0 unspecified atom stereocenters. The minimum absolute atomic E-state index is 0.250. The lowest BCUT2D eigenvalue weighted by molar-refractivity contribution is -0.106. The molecule has 6 nitrogen and oxygen atoms in total. The van der Waals surface area contributed by atoms with Crippen LogP contribution < -0.4 is 5.73 Å². The van der Waals surface area contributed by atoms with E-state index >= 15 is 0 Å². The average molecular weight is 348 g/mol. The van der Waals surface area contributed by atoms with E-state index in [1.807, 2.05) is 60.6 Å². The van der Waals surface area contributed by atoms with Gasteiger partial charge in [0.05, 0.1) is 28.8 Å². The summed E-state index contributed by atoms with van der Waals surface area (Å²) >= 11 is 0. The van der Waals surface area contributed by atoms with Gasteiger partial charge in [0.25, 0.3) is 0 Å². The topological polar surface area (TPSA) is 94.6 Å². The molecule has 138 valence electrons. The smallest absolute Gasteiger partial charge is 0.495 e. The first kappa shape index (κ1) is 21.2. The lowest BCUT2D eigenvalue weighted by Gasteiger charge is -2.32. The van der Waals surface area contributed by atoms with Crippen LogP contribution in [0.3, 0.4) is 0 Å². The summed E-state index contributed by atoms with van der Waals surface area (Å²) in [7, 11) is -0.495. The van der Waals surface area contributed by atoms with Crippen LogP contribution in [-0.2, 0) is 18.8 Å². The van der Waals surface area contributed by atoms with Gasteiger partial charge in [-0.25, -0.2) is 0 Å². The van der Waals surface area contributed by atoms with Gasteiger partial charge in [-0.2, -0.15) is 0 Å². The van der Waals surface area contributed by atoms with Gasteiger partial charge in [-0.05, 0) is 60.0 Å². The molecule has 1 aliphatic carbocycles. The summed E-state index contributed by atoms with van der Waals surface area (Å²) in [5, 5.41) is 8.16. The van der Waals surface area contributed by atoms with Crippen molar-refractivity contribution in [3.8, 4) is 0 Å². The second kappa shape index (κ2) is 7.58. The molecule has 0 bridgehead atoms. The van der Waals surface area contributed by atoms with Gasteiger partial charge >= 0.3 is 7.12 Å². The molecule has 25 heavy (non-hydrogen) atoms. The van der Waals surface area contributed by atoms with Crippen LogP contribution in [0, 0.1) is 5.41 Å². The van der Waals surface area contributed by atoms with E-state index in [9.17, 15) is 0 Å². The summed E-state index contributed by atoms with van der Waals surface area (Å²) in [6, 6.07) is 0. The summed E-state index contributed by atoms with van der Waals surface area (Å²) in [5.74, 6) is 0. The van der Waals surface area contributed by atoms with Gasteiger partial charge < -0.3 is 25.2 Å². The third-order valence-electron chi connectivity index (χ3n) is 4.18. The zero-order valence-electron chi connectivity index (χ0n) is 16.2. The lowest BCUT2D eigenvalue weighted by atomic mass is 9.71. The van der Waals surface area contributed by atoms with E-state index in [0.717, 1.165) is 5.47 Å². The van der Waals surface area contributed by atoms with Crippen LogP contribution in [-0.4, -0.2) is 36.0 Å². The maximum Gasteiger partial charge on any atom is 0.495 e. The van der Waals surface area contributed by atoms with E-state index in [2.05, 4.69) is 5.73 Å². The number of allylic oxidation sites excluding steroid dienone is 5. The minimum Gasteiger partial charge on any atom is -0.495 e. The monoisotopic (exact) mass is 348 g/mol. The van der Waals surface area contributed by atoms with E-state index < -0.39 is 18.3 Å². The SMILES string of the molecule is CC(C)(C)O/C=C1\C(=N)C=CC=C1B1OC(C)(C)C(C)(C)O1.NC=O. The summed E-state index contributed by atoms with van der Waals surface area (Å²) in [6.45, 7) is 14.0. The van der Waals surface area contributed by atoms with E-state index in [-0.39, 0.29) is 12.0 Å². The van der Waals surface area contributed by atoms with Gasteiger partial charge in [-0.3, -0.25) is 4.79 Å². The van der Waals surface area contributed by atoms with Gasteiger partial charge in [-0.1, -0.05) is 12.2 Å². The van der Waals surface area contributed by atoms with E-state index in [1.54, 1.807) is 12.3 Å². The van der Waals surface area contributed by atoms with Crippen molar-refractivity contribution in [3.63, 3.8) is 0 Å². The van der Waals surface area contributed by atoms with Crippen molar-refractivity contribution in [1.82, 2.24) is 0 Å². The number of amides is 1. The van der Waals surface area contributed by atoms with E-state index in [1.165, 1.54) is 0 Å². The predicted molar refractivity (Wildman–Crippen MR) is 100 cm³/mol. The van der Waals surface area contributed by atoms with Gasteiger partial charge in [0.2, 0.25) is 6.41 Å². The highest BCUT2D eigenvalue weighted by atomic mass is 16.7. The van der Waals surface area contributed by atoms with Gasteiger partial charge in [0.15, 0.2) is 0 Å². The largest absolute Gasteiger partial charge is 0.495 e. The Labute approximate surface area is 150 Å².